The Morgan fingerprint density at radius 3 is 2.24 bits per heavy atom. The monoisotopic (exact) mass is 583 g/mol. The molecular weight excluding hydrogens is 542 g/mol. The summed E-state index contributed by atoms with van der Waals surface area (Å²) >= 11 is 0. The van der Waals surface area contributed by atoms with Crippen LogP contribution in [0.3, 0.4) is 0 Å². The predicted molar refractivity (Wildman–Crippen MR) is 147 cm³/mol. The number of ether oxygens (including phenoxy) is 4. The Morgan fingerprint density at radius 2 is 1.63 bits per heavy atom. The van der Waals surface area contributed by atoms with Gasteiger partial charge in [-0.3, -0.25) is 14.4 Å². The summed E-state index contributed by atoms with van der Waals surface area (Å²) in [5, 5.41) is 20.4. The number of benzene rings is 1. The highest BCUT2D eigenvalue weighted by atomic mass is 16.5. The maximum absolute atomic E-state index is 13.2. The second-order valence-electron chi connectivity index (χ2n) is 9.15. The standard InChI is InChI=1S/C26H41N5O10/c1-16(2)22(31-21(33)15-41-13-12-40-11-10-38-3)24(35)30-19(6-5-9-28-26(27)37)23(34)29-17-7-8-18(20(32)14-17)25(36)39-4/h7-8,14,16,19,22,32H,5-6,9-13,15H2,1-4H3,(H,29,34)(H,30,35)(H,31,33)(H3,27,28,37)/t19-,22?/m0/s1. The van der Waals surface area contributed by atoms with Gasteiger partial charge in [-0.15, -0.1) is 0 Å². The number of phenolic OH excluding ortho intramolecular Hbond substituents is 1. The molecule has 0 aliphatic carbocycles. The number of carbonyl (C=O) groups excluding carboxylic acids is 5. The fraction of sp³-hybridized carbons (Fsp3) is 0.577. The number of primary amides is 1. The number of esters is 1. The molecule has 2 atom stereocenters. The van der Waals surface area contributed by atoms with Crippen molar-refractivity contribution in [2.45, 2.75) is 38.8 Å². The summed E-state index contributed by atoms with van der Waals surface area (Å²) in [6.07, 6.45) is 0.391. The Labute approximate surface area is 238 Å². The molecule has 0 aromatic heterocycles. The van der Waals surface area contributed by atoms with E-state index in [1.54, 1.807) is 21.0 Å². The van der Waals surface area contributed by atoms with Crippen LogP contribution in [0.4, 0.5) is 10.5 Å². The molecule has 15 heteroatoms. The molecule has 0 heterocycles. The highest BCUT2D eigenvalue weighted by Crippen LogP contribution is 2.23. The summed E-state index contributed by atoms with van der Waals surface area (Å²) in [5.41, 5.74) is 5.15. The van der Waals surface area contributed by atoms with Crippen molar-refractivity contribution in [2.75, 3.05) is 59.1 Å². The lowest BCUT2D eigenvalue weighted by molar-refractivity contribution is -0.134. The van der Waals surface area contributed by atoms with E-state index in [1.165, 1.54) is 19.2 Å². The van der Waals surface area contributed by atoms with E-state index >= 15 is 0 Å². The summed E-state index contributed by atoms with van der Waals surface area (Å²) in [6, 6.07) is 1.03. The van der Waals surface area contributed by atoms with E-state index in [1.807, 2.05) is 0 Å². The summed E-state index contributed by atoms with van der Waals surface area (Å²) in [4.78, 5) is 61.4. The number of methoxy groups -OCH3 is 2. The fourth-order valence-corrected chi connectivity index (χ4v) is 3.45. The van der Waals surface area contributed by atoms with Gasteiger partial charge in [0.15, 0.2) is 0 Å². The second kappa shape index (κ2) is 19.2. The number of nitrogens with two attached hydrogens (primary N) is 1. The Balaban J connectivity index is 2.85. The van der Waals surface area contributed by atoms with Crippen molar-refractivity contribution < 1.29 is 48.0 Å². The van der Waals surface area contributed by atoms with Crippen molar-refractivity contribution in [3.05, 3.63) is 23.8 Å². The third-order valence-electron chi connectivity index (χ3n) is 5.57. The molecule has 1 aromatic rings. The highest BCUT2D eigenvalue weighted by molar-refractivity contribution is 5.99. The summed E-state index contributed by atoms with van der Waals surface area (Å²) in [6.45, 7) is 4.60. The molecule has 1 rings (SSSR count). The van der Waals surface area contributed by atoms with Crippen LogP contribution in [0.2, 0.25) is 0 Å². The summed E-state index contributed by atoms with van der Waals surface area (Å²) in [7, 11) is 2.72. The first kappa shape index (κ1) is 35.1. The van der Waals surface area contributed by atoms with Gasteiger partial charge in [-0.25, -0.2) is 9.59 Å². The average molecular weight is 584 g/mol. The zero-order valence-electron chi connectivity index (χ0n) is 23.8. The van der Waals surface area contributed by atoms with Gasteiger partial charge in [0.05, 0.1) is 33.5 Å². The minimum absolute atomic E-state index is 0.0917. The van der Waals surface area contributed by atoms with Gasteiger partial charge in [0.2, 0.25) is 17.7 Å². The van der Waals surface area contributed by atoms with Crippen LogP contribution in [0.25, 0.3) is 0 Å². The van der Waals surface area contributed by atoms with E-state index in [-0.39, 0.29) is 56.4 Å². The number of aromatic hydroxyl groups is 1. The number of hydrogen-bond donors (Lipinski definition) is 6. The third kappa shape index (κ3) is 13.8. The fourth-order valence-electron chi connectivity index (χ4n) is 3.45. The number of nitrogens with one attached hydrogen (secondary N) is 4. The van der Waals surface area contributed by atoms with Gasteiger partial charge in [-0.05, 0) is 30.9 Å². The number of amides is 5. The first-order chi connectivity index (χ1) is 19.5. The molecular formula is C26H41N5O10. The van der Waals surface area contributed by atoms with Crippen molar-refractivity contribution in [2.24, 2.45) is 11.7 Å². The molecule has 41 heavy (non-hydrogen) atoms. The van der Waals surface area contributed by atoms with Crippen LogP contribution in [0.15, 0.2) is 18.2 Å². The Morgan fingerprint density at radius 1 is 0.951 bits per heavy atom. The Hall–Kier alpha value is -3.95. The molecule has 230 valence electrons. The number of rotatable bonds is 19. The third-order valence-corrected chi connectivity index (χ3v) is 5.57. The van der Waals surface area contributed by atoms with Gasteiger partial charge in [0.1, 0.15) is 30.0 Å². The van der Waals surface area contributed by atoms with Gasteiger partial charge >= 0.3 is 12.0 Å². The number of carbonyl (C=O) groups is 5. The maximum atomic E-state index is 13.2. The van der Waals surface area contributed by atoms with Crippen LogP contribution in [-0.2, 0) is 33.3 Å². The number of anilines is 1. The van der Waals surface area contributed by atoms with Gasteiger partial charge in [-0.2, -0.15) is 0 Å². The second-order valence-corrected chi connectivity index (χ2v) is 9.15. The van der Waals surface area contributed by atoms with Gasteiger partial charge in [0.25, 0.3) is 0 Å². The number of hydrogen-bond acceptors (Lipinski definition) is 10. The molecule has 0 spiro atoms. The van der Waals surface area contributed by atoms with Crippen LogP contribution in [-0.4, -0.2) is 101 Å². The highest BCUT2D eigenvalue weighted by Gasteiger charge is 2.29. The smallest absolute Gasteiger partial charge is 0.341 e. The molecule has 0 aliphatic rings. The van der Waals surface area contributed by atoms with Crippen LogP contribution in [0.5, 0.6) is 5.75 Å². The van der Waals surface area contributed by atoms with Gasteiger partial charge in [-0.1, -0.05) is 13.8 Å². The molecule has 5 amide bonds. The van der Waals surface area contributed by atoms with E-state index in [0.717, 1.165) is 6.07 Å². The van der Waals surface area contributed by atoms with E-state index < -0.39 is 47.6 Å². The maximum Gasteiger partial charge on any atom is 0.341 e. The molecule has 0 aliphatic heterocycles. The molecule has 7 N–H and O–H groups in total. The normalized spacial score (nSPS) is 12.2. The lowest BCUT2D eigenvalue weighted by Gasteiger charge is -2.25. The molecule has 0 fully saturated rings. The summed E-state index contributed by atoms with van der Waals surface area (Å²) < 4.78 is 20.0. The Bertz CT molecular complexity index is 1020. The SMILES string of the molecule is COCCOCCOCC(=O)NC(C(=O)N[C@@H](CCCNC(N)=O)C(=O)Nc1ccc(C(=O)OC)c(O)c1)C(C)C. The van der Waals surface area contributed by atoms with Crippen molar-refractivity contribution in [1.29, 1.82) is 0 Å². The van der Waals surface area contributed by atoms with Crippen molar-refractivity contribution in [1.82, 2.24) is 16.0 Å². The zero-order valence-corrected chi connectivity index (χ0v) is 23.8. The van der Waals surface area contributed by atoms with Crippen molar-refractivity contribution >= 4 is 35.4 Å². The largest absolute Gasteiger partial charge is 0.507 e. The molecule has 0 radical (unpaired) electrons. The number of phenols is 1. The van der Waals surface area contributed by atoms with Crippen LogP contribution in [0, 0.1) is 5.92 Å². The lowest BCUT2D eigenvalue weighted by Crippen LogP contribution is -2.55. The first-order valence-electron chi connectivity index (χ1n) is 13.0. The minimum Gasteiger partial charge on any atom is -0.507 e. The molecule has 15 nitrogen and oxygen atoms in total. The van der Waals surface area contributed by atoms with Crippen LogP contribution < -0.4 is 27.0 Å². The first-order valence-corrected chi connectivity index (χ1v) is 13.0. The zero-order chi connectivity index (χ0) is 30.8. The van der Waals surface area contributed by atoms with Gasteiger partial charge in [0, 0.05) is 25.4 Å². The molecule has 1 unspecified atom stereocenters. The van der Waals surface area contributed by atoms with E-state index in [4.69, 9.17) is 19.9 Å². The van der Waals surface area contributed by atoms with Crippen LogP contribution >= 0.6 is 0 Å². The average Bonchev–Trinajstić information content (AvgIpc) is 2.92. The topological polar surface area (TPSA) is 217 Å². The quantitative estimate of drug-likeness (QED) is 0.0936. The van der Waals surface area contributed by atoms with Crippen molar-refractivity contribution in [3.8, 4) is 5.75 Å². The number of urea groups is 1. The van der Waals surface area contributed by atoms with E-state index in [0.29, 0.717) is 13.2 Å². The minimum atomic E-state index is -1.08. The lowest BCUT2D eigenvalue weighted by atomic mass is 10.0. The van der Waals surface area contributed by atoms with E-state index in [2.05, 4.69) is 26.0 Å². The van der Waals surface area contributed by atoms with Crippen molar-refractivity contribution in [3.63, 3.8) is 0 Å². The summed E-state index contributed by atoms with van der Waals surface area (Å²) in [5.74, 6) is -3.26. The van der Waals surface area contributed by atoms with Crippen LogP contribution in [0.1, 0.15) is 37.0 Å². The molecule has 0 saturated heterocycles. The predicted octanol–water partition coefficient (Wildman–Crippen LogP) is -0.129. The van der Waals surface area contributed by atoms with Gasteiger partial charge < -0.3 is 51.1 Å². The molecule has 0 bridgehead atoms. The Kier molecular flexibility index (Phi) is 16.4. The molecule has 1 aromatic carbocycles. The van der Waals surface area contributed by atoms with E-state index in [9.17, 15) is 29.1 Å². The molecule has 0 saturated carbocycles.